The molecule has 0 saturated carbocycles. The maximum atomic E-state index is 6.07. The van der Waals surface area contributed by atoms with Crippen LogP contribution in [0.4, 0.5) is 5.82 Å². The van der Waals surface area contributed by atoms with Gasteiger partial charge in [-0.25, -0.2) is 4.98 Å². The minimum absolute atomic E-state index is 0.771. The van der Waals surface area contributed by atoms with Crippen molar-refractivity contribution in [3.05, 3.63) is 16.3 Å². The highest BCUT2D eigenvalue weighted by Gasteiger charge is 2.18. The van der Waals surface area contributed by atoms with Crippen LogP contribution in [0.25, 0.3) is 10.6 Å². The topological polar surface area (TPSA) is 56.7 Å². The van der Waals surface area contributed by atoms with Crippen molar-refractivity contribution in [1.29, 1.82) is 0 Å². The monoisotopic (exact) mass is 250 g/mol. The molecule has 2 aromatic heterocycles. The quantitative estimate of drug-likeness (QED) is 0.911. The lowest BCUT2D eigenvalue weighted by Gasteiger charge is -2.00. The van der Waals surface area contributed by atoms with Crippen LogP contribution in [0.1, 0.15) is 29.6 Å². The van der Waals surface area contributed by atoms with E-state index >= 15 is 0 Å². The molecular weight excluding hydrogens is 232 g/mol. The van der Waals surface area contributed by atoms with Crippen molar-refractivity contribution in [2.75, 3.05) is 5.73 Å². The van der Waals surface area contributed by atoms with Gasteiger partial charge in [0.05, 0.1) is 15.6 Å². The number of hydrogen-bond donors (Lipinski definition) is 1. The molecule has 0 aliphatic rings. The van der Waals surface area contributed by atoms with Crippen LogP contribution < -0.4 is 5.73 Å². The Hall–Kier alpha value is -1.36. The summed E-state index contributed by atoms with van der Waals surface area (Å²) < 4.78 is 1.76. The van der Waals surface area contributed by atoms with Crippen LogP contribution in [0.3, 0.4) is 0 Å². The second-order valence-corrected chi connectivity index (χ2v) is 5.44. The zero-order valence-electron chi connectivity index (χ0n) is 10.7. The molecule has 17 heavy (non-hydrogen) atoms. The van der Waals surface area contributed by atoms with Crippen molar-refractivity contribution in [3.8, 4) is 10.6 Å². The molecule has 0 spiro atoms. The predicted molar refractivity (Wildman–Crippen MR) is 72.2 cm³/mol. The second kappa shape index (κ2) is 4.49. The molecule has 0 atom stereocenters. The first kappa shape index (κ1) is 12.1. The Kier molecular flexibility index (Phi) is 3.19. The summed E-state index contributed by atoms with van der Waals surface area (Å²) in [6.07, 6.45) is 2.03. The summed E-state index contributed by atoms with van der Waals surface area (Å²) >= 11 is 1.69. The minimum atomic E-state index is 0.771. The minimum Gasteiger partial charge on any atom is -0.384 e. The Labute approximate surface area is 105 Å². The molecule has 4 nitrogen and oxygen atoms in total. The number of anilines is 1. The van der Waals surface area contributed by atoms with E-state index in [1.165, 1.54) is 0 Å². The number of thiazole rings is 1. The number of hydrogen-bond acceptors (Lipinski definition) is 4. The summed E-state index contributed by atoms with van der Waals surface area (Å²) in [5, 5.41) is 5.61. The fourth-order valence-corrected chi connectivity index (χ4v) is 2.94. The van der Waals surface area contributed by atoms with Gasteiger partial charge in [-0.2, -0.15) is 5.10 Å². The van der Waals surface area contributed by atoms with Gasteiger partial charge in [0.25, 0.3) is 0 Å². The number of nitrogen functional groups attached to an aromatic ring is 1. The SMILES string of the molecule is CCCc1c(-c2sc(C)nc2C)nn(C)c1N. The van der Waals surface area contributed by atoms with E-state index < -0.39 is 0 Å². The van der Waals surface area contributed by atoms with Crippen LogP contribution in [-0.2, 0) is 13.5 Å². The molecule has 0 saturated heterocycles. The zero-order chi connectivity index (χ0) is 12.6. The number of nitrogens with zero attached hydrogens (tertiary/aromatic N) is 3. The lowest BCUT2D eigenvalue weighted by molar-refractivity contribution is 0.781. The van der Waals surface area contributed by atoms with E-state index in [2.05, 4.69) is 17.0 Å². The Morgan fingerprint density at radius 3 is 2.59 bits per heavy atom. The van der Waals surface area contributed by atoms with E-state index in [0.717, 1.165) is 45.5 Å². The standard InChI is InChI=1S/C12H18N4S/c1-5-6-9-10(15-16(4)12(9)13)11-7(2)14-8(3)17-11/h5-6,13H2,1-4H3. The van der Waals surface area contributed by atoms with Gasteiger partial charge in [0.2, 0.25) is 0 Å². The van der Waals surface area contributed by atoms with E-state index in [0.29, 0.717) is 0 Å². The molecule has 0 bridgehead atoms. The first-order chi connectivity index (χ1) is 8.04. The van der Waals surface area contributed by atoms with Crippen molar-refractivity contribution >= 4 is 17.2 Å². The van der Waals surface area contributed by atoms with Gasteiger partial charge in [0.15, 0.2) is 0 Å². The molecule has 2 rings (SSSR count). The van der Waals surface area contributed by atoms with Gasteiger partial charge in [-0.3, -0.25) is 4.68 Å². The van der Waals surface area contributed by atoms with E-state index in [9.17, 15) is 0 Å². The average molecular weight is 250 g/mol. The van der Waals surface area contributed by atoms with E-state index in [-0.39, 0.29) is 0 Å². The van der Waals surface area contributed by atoms with Crippen LogP contribution in [-0.4, -0.2) is 14.8 Å². The Morgan fingerprint density at radius 1 is 1.35 bits per heavy atom. The van der Waals surface area contributed by atoms with E-state index in [4.69, 9.17) is 5.73 Å². The Morgan fingerprint density at radius 2 is 2.06 bits per heavy atom. The van der Waals surface area contributed by atoms with Crippen LogP contribution in [0, 0.1) is 13.8 Å². The predicted octanol–water partition coefficient (Wildman–Crippen LogP) is 2.70. The Bertz CT molecular complexity index is 539. The summed E-state index contributed by atoms with van der Waals surface area (Å²) in [5.41, 5.74) is 9.28. The zero-order valence-corrected chi connectivity index (χ0v) is 11.6. The maximum absolute atomic E-state index is 6.07. The first-order valence-electron chi connectivity index (χ1n) is 5.80. The maximum Gasteiger partial charge on any atom is 0.125 e. The molecule has 0 fully saturated rings. The third-order valence-corrected chi connectivity index (χ3v) is 3.89. The Balaban J connectivity index is 2.58. The molecule has 0 amide bonds. The summed E-state index contributed by atoms with van der Waals surface area (Å²) in [6.45, 7) is 6.20. The normalized spacial score (nSPS) is 11.1. The van der Waals surface area contributed by atoms with Crippen molar-refractivity contribution in [3.63, 3.8) is 0 Å². The summed E-state index contributed by atoms with van der Waals surface area (Å²) in [4.78, 5) is 5.61. The smallest absolute Gasteiger partial charge is 0.125 e. The van der Waals surface area contributed by atoms with Crippen molar-refractivity contribution < 1.29 is 0 Å². The number of aromatic nitrogens is 3. The van der Waals surface area contributed by atoms with Crippen molar-refractivity contribution in [2.45, 2.75) is 33.6 Å². The molecule has 92 valence electrons. The highest BCUT2D eigenvalue weighted by Crippen LogP contribution is 2.34. The lowest BCUT2D eigenvalue weighted by Crippen LogP contribution is -1.99. The first-order valence-corrected chi connectivity index (χ1v) is 6.62. The largest absolute Gasteiger partial charge is 0.384 e. The molecular formula is C12H18N4S. The lowest BCUT2D eigenvalue weighted by atomic mass is 10.1. The second-order valence-electron chi connectivity index (χ2n) is 4.23. The molecule has 0 aliphatic carbocycles. The van der Waals surface area contributed by atoms with Gasteiger partial charge in [-0.15, -0.1) is 11.3 Å². The third-order valence-electron chi connectivity index (χ3n) is 2.81. The van der Waals surface area contributed by atoms with Gasteiger partial charge in [0, 0.05) is 12.6 Å². The molecule has 2 aromatic rings. The van der Waals surface area contributed by atoms with E-state index in [1.54, 1.807) is 16.0 Å². The molecule has 2 heterocycles. The van der Waals surface area contributed by atoms with Crippen LogP contribution >= 0.6 is 11.3 Å². The molecule has 0 radical (unpaired) electrons. The van der Waals surface area contributed by atoms with Crippen LogP contribution in [0.5, 0.6) is 0 Å². The summed E-state index contributed by atoms with van der Waals surface area (Å²) in [5.74, 6) is 0.771. The number of nitrogens with two attached hydrogens (primary N) is 1. The van der Waals surface area contributed by atoms with Gasteiger partial charge < -0.3 is 5.73 Å². The van der Waals surface area contributed by atoms with Crippen LogP contribution in [0.15, 0.2) is 0 Å². The van der Waals surface area contributed by atoms with Gasteiger partial charge in [-0.05, 0) is 20.3 Å². The van der Waals surface area contributed by atoms with Gasteiger partial charge >= 0.3 is 0 Å². The number of aryl methyl sites for hydroxylation is 3. The van der Waals surface area contributed by atoms with Crippen molar-refractivity contribution in [2.24, 2.45) is 7.05 Å². The molecule has 0 aromatic carbocycles. The fraction of sp³-hybridized carbons (Fsp3) is 0.500. The van der Waals surface area contributed by atoms with Gasteiger partial charge in [-0.1, -0.05) is 13.3 Å². The summed E-state index contributed by atoms with van der Waals surface area (Å²) in [7, 11) is 1.89. The van der Waals surface area contributed by atoms with Gasteiger partial charge in [0.1, 0.15) is 11.5 Å². The molecule has 2 N–H and O–H groups in total. The molecule has 0 aliphatic heterocycles. The summed E-state index contributed by atoms with van der Waals surface area (Å²) in [6, 6.07) is 0. The highest BCUT2D eigenvalue weighted by molar-refractivity contribution is 7.15. The van der Waals surface area contributed by atoms with Crippen molar-refractivity contribution in [1.82, 2.24) is 14.8 Å². The van der Waals surface area contributed by atoms with E-state index in [1.807, 2.05) is 20.9 Å². The number of rotatable bonds is 3. The average Bonchev–Trinajstić information content (AvgIpc) is 2.73. The highest BCUT2D eigenvalue weighted by atomic mass is 32.1. The molecule has 5 heteroatoms. The van der Waals surface area contributed by atoms with Crippen LogP contribution in [0.2, 0.25) is 0 Å². The third kappa shape index (κ3) is 2.07. The molecule has 0 unspecified atom stereocenters. The fourth-order valence-electron chi connectivity index (χ4n) is 2.01.